The Hall–Kier alpha value is 0.530. The highest BCUT2D eigenvalue weighted by Gasteiger charge is 1.96. The van der Waals surface area contributed by atoms with E-state index < -0.39 is 0 Å². The molecule has 0 spiro atoms. The van der Waals surface area contributed by atoms with E-state index >= 15 is 0 Å². The fourth-order valence-corrected chi connectivity index (χ4v) is 4.71. The van der Waals surface area contributed by atoms with E-state index in [1.807, 2.05) is 0 Å². The SMILES string of the molecule is S=C(S)NCCCCCCCCCCCCCCCCCCCCCCCCCCCl. The van der Waals surface area contributed by atoms with Crippen molar-refractivity contribution in [1.82, 2.24) is 5.32 Å². The van der Waals surface area contributed by atoms with E-state index in [1.54, 1.807) is 0 Å². The summed E-state index contributed by atoms with van der Waals surface area (Å²) < 4.78 is 0.627. The molecule has 0 atom stereocenters. The van der Waals surface area contributed by atoms with Crippen LogP contribution in [0.25, 0.3) is 0 Å². The third-order valence-corrected chi connectivity index (χ3v) is 6.91. The first-order valence-corrected chi connectivity index (χ1v) is 15.2. The van der Waals surface area contributed by atoms with Crippen LogP contribution >= 0.6 is 36.4 Å². The predicted molar refractivity (Wildman–Crippen MR) is 151 cm³/mol. The summed E-state index contributed by atoms with van der Waals surface area (Å²) in [6.07, 6.45) is 33.9. The minimum atomic E-state index is 0.627. The van der Waals surface area contributed by atoms with Gasteiger partial charge in [0.25, 0.3) is 0 Å². The molecule has 0 aliphatic rings. The largest absolute Gasteiger partial charge is 0.371 e. The third kappa shape index (κ3) is 30.5. The van der Waals surface area contributed by atoms with Gasteiger partial charge in [-0.1, -0.05) is 153 Å². The van der Waals surface area contributed by atoms with Crippen molar-refractivity contribution in [2.75, 3.05) is 12.4 Å². The number of thiol groups is 1. The van der Waals surface area contributed by atoms with E-state index in [0.29, 0.717) is 4.32 Å². The second-order valence-corrected chi connectivity index (χ2v) is 10.9. The Kier molecular flexibility index (Phi) is 29.1. The maximum absolute atomic E-state index is 5.71. The Bertz CT molecular complexity index is 352. The highest BCUT2D eigenvalue weighted by molar-refractivity contribution is 8.11. The van der Waals surface area contributed by atoms with Gasteiger partial charge in [0.1, 0.15) is 4.32 Å². The van der Waals surface area contributed by atoms with Crippen molar-refractivity contribution < 1.29 is 0 Å². The van der Waals surface area contributed by atoms with Crippen molar-refractivity contribution in [3.63, 3.8) is 0 Å². The summed E-state index contributed by atoms with van der Waals surface area (Å²) in [6.45, 7) is 0.985. The molecule has 0 aliphatic heterocycles. The lowest BCUT2D eigenvalue weighted by molar-refractivity contribution is 0.517. The average molecular weight is 492 g/mol. The third-order valence-electron chi connectivity index (χ3n) is 6.34. The smallest absolute Gasteiger partial charge is 0.130 e. The Morgan fingerprint density at radius 3 is 0.903 bits per heavy atom. The van der Waals surface area contributed by atoms with Crippen molar-refractivity contribution in [2.24, 2.45) is 0 Å². The van der Waals surface area contributed by atoms with Gasteiger partial charge < -0.3 is 5.32 Å². The molecule has 186 valence electrons. The molecule has 0 heterocycles. The molecule has 0 radical (unpaired) electrons. The second-order valence-electron chi connectivity index (χ2n) is 9.41. The quantitative estimate of drug-likeness (QED) is 0.0539. The Morgan fingerprint density at radius 2 is 0.677 bits per heavy atom. The molecule has 0 saturated heterocycles. The first-order chi connectivity index (χ1) is 15.3. The molecule has 0 fully saturated rings. The van der Waals surface area contributed by atoms with Crippen LogP contribution in [0.15, 0.2) is 0 Å². The standard InChI is InChI=1S/C27H54ClNS2/c28-25-23-21-19-17-15-13-11-9-7-5-3-1-2-4-6-8-10-12-14-16-18-20-22-24-26-29-27(30)31/h1-26H2,(H2,29,30,31). The van der Waals surface area contributed by atoms with Gasteiger partial charge in [0.05, 0.1) is 0 Å². The van der Waals surface area contributed by atoms with Crippen LogP contribution in [0.5, 0.6) is 0 Å². The van der Waals surface area contributed by atoms with Crippen LogP contribution in [0.2, 0.25) is 0 Å². The summed E-state index contributed by atoms with van der Waals surface area (Å²) in [4.78, 5) is 0. The molecular weight excluding hydrogens is 438 g/mol. The molecule has 0 rings (SSSR count). The highest BCUT2D eigenvalue weighted by Crippen LogP contribution is 2.15. The lowest BCUT2D eigenvalue weighted by Gasteiger charge is -2.05. The molecular formula is C27H54ClNS2. The van der Waals surface area contributed by atoms with E-state index in [2.05, 4.69) is 17.9 Å². The lowest BCUT2D eigenvalue weighted by Crippen LogP contribution is -2.17. The number of thiocarbonyl (C=S) groups is 1. The number of hydrogen-bond acceptors (Lipinski definition) is 1. The monoisotopic (exact) mass is 491 g/mol. The Labute approximate surface area is 212 Å². The minimum Gasteiger partial charge on any atom is -0.371 e. The van der Waals surface area contributed by atoms with Crippen LogP contribution in [0, 0.1) is 0 Å². The van der Waals surface area contributed by atoms with Crippen LogP contribution in [-0.4, -0.2) is 16.7 Å². The molecule has 0 aromatic heterocycles. The van der Waals surface area contributed by atoms with Crippen molar-refractivity contribution in [3.8, 4) is 0 Å². The summed E-state index contributed by atoms with van der Waals surface area (Å²) >= 11 is 14.7. The molecule has 31 heavy (non-hydrogen) atoms. The molecule has 0 aromatic rings. The average Bonchev–Trinajstić information content (AvgIpc) is 2.76. The van der Waals surface area contributed by atoms with Gasteiger partial charge in [0.2, 0.25) is 0 Å². The van der Waals surface area contributed by atoms with Crippen LogP contribution in [0.4, 0.5) is 0 Å². The van der Waals surface area contributed by atoms with E-state index in [4.69, 9.17) is 23.8 Å². The summed E-state index contributed by atoms with van der Waals surface area (Å²) in [7, 11) is 0. The molecule has 0 aliphatic carbocycles. The van der Waals surface area contributed by atoms with Crippen LogP contribution in [0.1, 0.15) is 154 Å². The fourth-order valence-electron chi connectivity index (χ4n) is 4.30. The first kappa shape index (κ1) is 31.5. The summed E-state index contributed by atoms with van der Waals surface area (Å²) in [5.41, 5.74) is 0. The summed E-state index contributed by atoms with van der Waals surface area (Å²) in [5, 5.41) is 3.10. The second kappa shape index (κ2) is 28.6. The number of hydrogen-bond donors (Lipinski definition) is 2. The highest BCUT2D eigenvalue weighted by atomic mass is 35.5. The van der Waals surface area contributed by atoms with Gasteiger partial charge in [-0.25, -0.2) is 0 Å². The molecule has 4 heteroatoms. The normalized spacial score (nSPS) is 11.2. The Morgan fingerprint density at radius 1 is 0.452 bits per heavy atom. The zero-order valence-corrected chi connectivity index (χ0v) is 23.1. The minimum absolute atomic E-state index is 0.627. The zero-order valence-electron chi connectivity index (χ0n) is 20.6. The van der Waals surface area contributed by atoms with Gasteiger partial charge >= 0.3 is 0 Å². The molecule has 0 unspecified atom stereocenters. The number of alkyl halides is 1. The molecule has 1 N–H and O–H groups in total. The van der Waals surface area contributed by atoms with Crippen LogP contribution < -0.4 is 5.32 Å². The molecule has 0 amide bonds. The van der Waals surface area contributed by atoms with Crippen molar-refractivity contribution >= 4 is 40.8 Å². The number of halogens is 1. The van der Waals surface area contributed by atoms with Gasteiger partial charge in [-0.3, -0.25) is 0 Å². The molecule has 0 saturated carbocycles. The summed E-state index contributed by atoms with van der Waals surface area (Å²) in [6, 6.07) is 0. The van der Waals surface area contributed by atoms with Crippen molar-refractivity contribution in [2.45, 2.75) is 154 Å². The fraction of sp³-hybridized carbons (Fsp3) is 0.963. The first-order valence-electron chi connectivity index (χ1n) is 13.8. The zero-order chi connectivity index (χ0) is 22.7. The Balaban J connectivity index is 3.00. The van der Waals surface area contributed by atoms with E-state index in [-0.39, 0.29) is 0 Å². The summed E-state index contributed by atoms with van der Waals surface area (Å²) in [5.74, 6) is 0.841. The predicted octanol–water partition coefficient (Wildman–Crippen LogP) is 10.4. The molecule has 0 bridgehead atoms. The van der Waals surface area contributed by atoms with Crippen LogP contribution in [-0.2, 0) is 0 Å². The van der Waals surface area contributed by atoms with Crippen molar-refractivity contribution in [1.29, 1.82) is 0 Å². The molecule has 1 nitrogen and oxygen atoms in total. The molecule has 0 aromatic carbocycles. The van der Waals surface area contributed by atoms with E-state index in [0.717, 1.165) is 12.4 Å². The van der Waals surface area contributed by atoms with Gasteiger partial charge in [-0.05, 0) is 12.8 Å². The van der Waals surface area contributed by atoms with Gasteiger partial charge in [0, 0.05) is 12.4 Å². The van der Waals surface area contributed by atoms with E-state index in [9.17, 15) is 0 Å². The van der Waals surface area contributed by atoms with E-state index in [1.165, 1.54) is 154 Å². The lowest BCUT2D eigenvalue weighted by atomic mass is 10.0. The van der Waals surface area contributed by atoms with Gasteiger partial charge in [-0.15, -0.1) is 24.2 Å². The number of rotatable bonds is 26. The topological polar surface area (TPSA) is 12.0 Å². The van der Waals surface area contributed by atoms with Gasteiger partial charge in [0.15, 0.2) is 0 Å². The maximum atomic E-state index is 5.71. The number of nitrogens with one attached hydrogen (secondary N) is 1. The maximum Gasteiger partial charge on any atom is 0.130 e. The van der Waals surface area contributed by atoms with Crippen molar-refractivity contribution in [3.05, 3.63) is 0 Å². The number of unbranched alkanes of at least 4 members (excludes halogenated alkanes) is 23. The van der Waals surface area contributed by atoms with Crippen LogP contribution in [0.3, 0.4) is 0 Å². The van der Waals surface area contributed by atoms with Gasteiger partial charge in [-0.2, -0.15) is 0 Å².